The third kappa shape index (κ3) is 5.95. The number of urea groups is 1. The van der Waals surface area contributed by atoms with Crippen LogP contribution in [0.4, 0.5) is 10.5 Å². The highest BCUT2D eigenvalue weighted by atomic mass is 16.5. The number of nitrogens with one attached hydrogen (secondary N) is 2. The largest absolute Gasteiger partial charge is 0.497 e. The molecule has 1 saturated heterocycles. The summed E-state index contributed by atoms with van der Waals surface area (Å²) >= 11 is 0. The van der Waals surface area contributed by atoms with Crippen LogP contribution in [0.5, 0.6) is 5.75 Å². The van der Waals surface area contributed by atoms with Gasteiger partial charge in [-0.2, -0.15) is 0 Å². The Morgan fingerprint density at radius 3 is 2.76 bits per heavy atom. The Balaban J connectivity index is 1.53. The number of piperidine rings is 1. The van der Waals surface area contributed by atoms with Crippen LogP contribution in [-0.4, -0.2) is 67.0 Å². The number of amides is 3. The van der Waals surface area contributed by atoms with Crippen molar-refractivity contribution in [1.82, 2.24) is 10.2 Å². The number of methoxy groups -OCH3 is 1. The maximum Gasteiger partial charge on any atom is 0.319 e. The van der Waals surface area contributed by atoms with Gasteiger partial charge in [0.05, 0.1) is 32.3 Å². The van der Waals surface area contributed by atoms with Crippen LogP contribution in [0.25, 0.3) is 0 Å². The molecule has 0 aromatic heterocycles. The molecule has 29 heavy (non-hydrogen) atoms. The topological polar surface area (TPSA) is 100 Å². The number of aliphatic hydroxyl groups is 1. The van der Waals surface area contributed by atoms with E-state index in [1.165, 1.54) is 6.42 Å². The van der Waals surface area contributed by atoms with Crippen LogP contribution >= 0.6 is 0 Å². The summed E-state index contributed by atoms with van der Waals surface area (Å²) in [6.07, 6.45) is 6.04. The standard InChI is InChI=1S/C21H29N3O5/c1-28-16-7-5-6-15(12-16)22-21(27)23-18-9-8-17(29-19(18)14-25)13-20(26)24-10-3-2-4-11-24/h5-9,12,17-19,25H,2-4,10-11,13-14H2,1H3,(H2,22,23,27)/t17-,18-,19+/m1/s1. The number of likely N-dealkylation sites (tertiary alicyclic amines) is 1. The van der Waals surface area contributed by atoms with E-state index in [1.54, 1.807) is 43.5 Å². The first-order valence-electron chi connectivity index (χ1n) is 10.0. The Hall–Kier alpha value is -2.58. The van der Waals surface area contributed by atoms with Crippen LogP contribution in [0.2, 0.25) is 0 Å². The molecule has 158 valence electrons. The second-order valence-corrected chi connectivity index (χ2v) is 7.28. The molecule has 3 atom stereocenters. The number of carbonyl (C=O) groups excluding carboxylic acids is 2. The van der Waals surface area contributed by atoms with Crippen molar-refractivity contribution in [2.45, 2.75) is 43.9 Å². The molecule has 0 aliphatic carbocycles. The third-order valence-corrected chi connectivity index (χ3v) is 5.17. The van der Waals surface area contributed by atoms with Crippen LogP contribution < -0.4 is 15.4 Å². The summed E-state index contributed by atoms with van der Waals surface area (Å²) in [6, 6.07) is 6.11. The number of hydrogen-bond donors (Lipinski definition) is 3. The van der Waals surface area contributed by atoms with Crippen LogP contribution in [0.3, 0.4) is 0 Å². The van der Waals surface area contributed by atoms with E-state index in [-0.39, 0.29) is 18.9 Å². The molecule has 0 radical (unpaired) electrons. The molecule has 8 nitrogen and oxygen atoms in total. The van der Waals surface area contributed by atoms with Gasteiger partial charge in [-0.1, -0.05) is 18.2 Å². The summed E-state index contributed by atoms with van der Waals surface area (Å²) in [5.41, 5.74) is 0.591. The number of anilines is 1. The van der Waals surface area contributed by atoms with Gasteiger partial charge in [-0.15, -0.1) is 0 Å². The number of carbonyl (C=O) groups is 2. The van der Waals surface area contributed by atoms with Gasteiger partial charge < -0.3 is 30.1 Å². The highest BCUT2D eigenvalue weighted by Gasteiger charge is 2.30. The minimum absolute atomic E-state index is 0.0678. The van der Waals surface area contributed by atoms with Crippen molar-refractivity contribution in [3.63, 3.8) is 0 Å². The van der Waals surface area contributed by atoms with Crippen LogP contribution in [0, 0.1) is 0 Å². The summed E-state index contributed by atoms with van der Waals surface area (Å²) in [6.45, 7) is 1.34. The van der Waals surface area contributed by atoms with Crippen LogP contribution in [0.1, 0.15) is 25.7 Å². The zero-order valence-corrected chi connectivity index (χ0v) is 16.7. The normalized spacial score (nSPS) is 24.1. The molecule has 2 heterocycles. The van der Waals surface area contributed by atoms with Crippen molar-refractivity contribution < 1.29 is 24.2 Å². The van der Waals surface area contributed by atoms with Gasteiger partial charge in [0.1, 0.15) is 11.9 Å². The van der Waals surface area contributed by atoms with Crippen LogP contribution in [0.15, 0.2) is 36.4 Å². The Morgan fingerprint density at radius 1 is 1.24 bits per heavy atom. The number of nitrogens with zero attached hydrogens (tertiary/aromatic N) is 1. The van der Waals surface area contributed by atoms with Crippen molar-refractivity contribution in [3.8, 4) is 5.75 Å². The average Bonchev–Trinajstić information content (AvgIpc) is 2.75. The Labute approximate surface area is 170 Å². The molecule has 1 aromatic carbocycles. The van der Waals surface area contributed by atoms with E-state index in [0.29, 0.717) is 11.4 Å². The molecule has 0 saturated carbocycles. The molecule has 8 heteroatoms. The second kappa shape index (κ2) is 10.3. The van der Waals surface area contributed by atoms with E-state index >= 15 is 0 Å². The minimum atomic E-state index is -0.616. The third-order valence-electron chi connectivity index (χ3n) is 5.17. The first-order valence-corrected chi connectivity index (χ1v) is 10.0. The predicted octanol–water partition coefficient (Wildman–Crippen LogP) is 1.90. The summed E-state index contributed by atoms with van der Waals surface area (Å²) in [5.74, 6) is 0.705. The van der Waals surface area contributed by atoms with Gasteiger partial charge >= 0.3 is 6.03 Å². The molecule has 2 aliphatic rings. The first-order chi connectivity index (χ1) is 14.1. The fourth-order valence-corrected chi connectivity index (χ4v) is 3.60. The molecule has 1 fully saturated rings. The fraction of sp³-hybridized carbons (Fsp3) is 0.524. The van der Waals surface area contributed by atoms with E-state index in [4.69, 9.17) is 9.47 Å². The molecular formula is C21H29N3O5. The van der Waals surface area contributed by atoms with E-state index in [2.05, 4.69) is 10.6 Å². The van der Waals surface area contributed by atoms with Crippen molar-refractivity contribution >= 4 is 17.6 Å². The Morgan fingerprint density at radius 2 is 2.03 bits per heavy atom. The quantitative estimate of drug-likeness (QED) is 0.630. The van der Waals surface area contributed by atoms with Crippen molar-refractivity contribution in [1.29, 1.82) is 0 Å². The predicted molar refractivity (Wildman–Crippen MR) is 109 cm³/mol. The summed E-state index contributed by atoms with van der Waals surface area (Å²) < 4.78 is 11.0. The van der Waals surface area contributed by atoms with Gasteiger partial charge in [-0.05, 0) is 31.4 Å². The summed E-state index contributed by atoms with van der Waals surface area (Å²) in [5, 5.41) is 15.2. The Bertz CT molecular complexity index is 733. The number of hydrogen-bond acceptors (Lipinski definition) is 5. The van der Waals surface area contributed by atoms with Crippen molar-refractivity contribution in [2.24, 2.45) is 0 Å². The highest BCUT2D eigenvalue weighted by Crippen LogP contribution is 2.19. The maximum absolute atomic E-state index is 12.4. The highest BCUT2D eigenvalue weighted by molar-refractivity contribution is 5.89. The number of rotatable bonds is 6. The van der Waals surface area contributed by atoms with Gasteiger partial charge in [-0.3, -0.25) is 4.79 Å². The van der Waals surface area contributed by atoms with Crippen molar-refractivity contribution in [3.05, 3.63) is 36.4 Å². The number of aliphatic hydroxyl groups excluding tert-OH is 1. The first kappa shape index (κ1) is 21.1. The SMILES string of the molecule is COc1cccc(NC(=O)N[C@@H]2C=C[C@H](CC(=O)N3CCCCC3)O[C@H]2CO)c1. The van der Waals surface area contributed by atoms with Crippen molar-refractivity contribution in [2.75, 3.05) is 32.1 Å². The van der Waals surface area contributed by atoms with Crippen LogP contribution in [-0.2, 0) is 9.53 Å². The molecule has 3 rings (SSSR count). The van der Waals surface area contributed by atoms with Gasteiger partial charge in [0.25, 0.3) is 0 Å². The van der Waals surface area contributed by atoms with Gasteiger partial charge in [-0.25, -0.2) is 4.79 Å². The molecule has 0 bridgehead atoms. The maximum atomic E-state index is 12.4. The monoisotopic (exact) mass is 403 g/mol. The smallest absolute Gasteiger partial charge is 0.319 e. The van der Waals surface area contributed by atoms with Gasteiger partial charge in [0.15, 0.2) is 0 Å². The fourth-order valence-electron chi connectivity index (χ4n) is 3.60. The lowest BCUT2D eigenvalue weighted by atomic mass is 10.0. The van der Waals surface area contributed by atoms with Gasteiger partial charge in [0, 0.05) is 24.8 Å². The van der Waals surface area contributed by atoms with Gasteiger partial charge in [0.2, 0.25) is 5.91 Å². The average molecular weight is 403 g/mol. The van der Waals surface area contributed by atoms with E-state index in [9.17, 15) is 14.7 Å². The molecule has 3 amide bonds. The molecule has 0 unspecified atom stereocenters. The number of benzene rings is 1. The van der Waals surface area contributed by atoms with E-state index in [0.717, 1.165) is 25.9 Å². The Kier molecular flexibility index (Phi) is 7.48. The minimum Gasteiger partial charge on any atom is -0.497 e. The summed E-state index contributed by atoms with van der Waals surface area (Å²) in [4.78, 5) is 26.6. The zero-order valence-electron chi connectivity index (χ0n) is 16.7. The molecule has 3 N–H and O–H groups in total. The summed E-state index contributed by atoms with van der Waals surface area (Å²) in [7, 11) is 1.56. The van der Waals surface area contributed by atoms with E-state index in [1.807, 2.05) is 4.90 Å². The van der Waals surface area contributed by atoms with E-state index < -0.39 is 24.3 Å². The lowest BCUT2D eigenvalue weighted by Gasteiger charge is -2.33. The molecular weight excluding hydrogens is 374 g/mol. The molecule has 2 aliphatic heterocycles. The second-order valence-electron chi connectivity index (χ2n) is 7.28. The zero-order chi connectivity index (χ0) is 20.6. The lowest BCUT2D eigenvalue weighted by molar-refractivity contribution is -0.136. The molecule has 0 spiro atoms. The molecule has 1 aromatic rings. The number of ether oxygens (including phenoxy) is 2. The lowest BCUT2D eigenvalue weighted by Crippen LogP contribution is -2.50.